The smallest absolute Gasteiger partial charge is 0.259 e. The average molecular weight is 415 g/mol. The Kier molecular flexibility index (Phi) is 4.46. The number of likely N-dealkylation sites (tertiary alicyclic amines) is 1. The molecule has 1 amide bonds. The Labute approximate surface area is 176 Å². The van der Waals surface area contributed by atoms with Gasteiger partial charge in [0, 0.05) is 28.7 Å². The summed E-state index contributed by atoms with van der Waals surface area (Å²) in [6.07, 6.45) is 4.92. The molecule has 3 nitrogen and oxygen atoms in total. The third kappa shape index (κ3) is 3.04. The van der Waals surface area contributed by atoms with E-state index in [-0.39, 0.29) is 11.3 Å². The maximum absolute atomic E-state index is 13.4. The van der Waals surface area contributed by atoms with Gasteiger partial charge in [-0.3, -0.25) is 4.79 Å². The maximum atomic E-state index is 13.4. The second-order valence-electron chi connectivity index (χ2n) is 8.58. The van der Waals surface area contributed by atoms with E-state index in [1.54, 1.807) is 18.2 Å². The monoisotopic (exact) mass is 414 g/mol. The van der Waals surface area contributed by atoms with E-state index in [0.717, 1.165) is 44.2 Å². The summed E-state index contributed by atoms with van der Waals surface area (Å²) in [5.74, 6) is -0.0340. The summed E-state index contributed by atoms with van der Waals surface area (Å²) in [5, 5.41) is 0.957. The van der Waals surface area contributed by atoms with Crippen LogP contribution >= 0.6 is 23.2 Å². The lowest BCUT2D eigenvalue weighted by Gasteiger charge is -2.40. The molecule has 2 aliphatic heterocycles. The summed E-state index contributed by atoms with van der Waals surface area (Å²) in [4.78, 5) is 18.0. The Hall–Kier alpha value is -1.55. The number of fused-ring (bicyclic) bond motifs is 2. The van der Waals surface area contributed by atoms with Crippen LogP contribution in [0.15, 0.2) is 36.4 Å². The van der Waals surface area contributed by atoms with Crippen molar-refractivity contribution in [3.63, 3.8) is 0 Å². The molecule has 5 rings (SSSR count). The van der Waals surface area contributed by atoms with E-state index in [0.29, 0.717) is 15.6 Å². The van der Waals surface area contributed by atoms with Gasteiger partial charge in [-0.2, -0.15) is 0 Å². The highest BCUT2D eigenvalue weighted by molar-refractivity contribution is 6.37. The van der Waals surface area contributed by atoms with Crippen LogP contribution in [0, 0.1) is 6.92 Å². The van der Waals surface area contributed by atoms with E-state index < -0.39 is 0 Å². The fraction of sp³-hybridized carbons (Fsp3) is 0.435. The van der Waals surface area contributed by atoms with Crippen molar-refractivity contribution < 1.29 is 4.79 Å². The van der Waals surface area contributed by atoms with Crippen LogP contribution in [0.2, 0.25) is 10.0 Å². The highest BCUT2D eigenvalue weighted by Gasteiger charge is 2.48. The third-order valence-electron chi connectivity index (χ3n) is 6.70. The first kappa shape index (κ1) is 18.5. The van der Waals surface area contributed by atoms with Crippen LogP contribution < -0.4 is 4.90 Å². The lowest BCUT2D eigenvalue weighted by atomic mass is 9.74. The molecule has 3 aliphatic rings. The molecule has 0 aromatic heterocycles. The molecule has 1 aliphatic carbocycles. The zero-order chi connectivity index (χ0) is 19.5. The van der Waals surface area contributed by atoms with Gasteiger partial charge >= 0.3 is 0 Å². The molecule has 1 saturated heterocycles. The Morgan fingerprint density at radius 3 is 2.50 bits per heavy atom. The molecule has 0 unspecified atom stereocenters. The fourth-order valence-corrected chi connectivity index (χ4v) is 5.45. The zero-order valence-electron chi connectivity index (χ0n) is 16.0. The summed E-state index contributed by atoms with van der Waals surface area (Å²) in [6, 6.07) is 12.4. The number of carbonyl (C=O) groups excluding carboxylic acids is 1. The lowest BCUT2D eigenvalue weighted by Crippen LogP contribution is -2.46. The second kappa shape index (κ2) is 6.76. The van der Waals surface area contributed by atoms with Crippen LogP contribution in [-0.4, -0.2) is 36.5 Å². The van der Waals surface area contributed by atoms with Crippen LogP contribution in [0.5, 0.6) is 0 Å². The van der Waals surface area contributed by atoms with Gasteiger partial charge in [0.15, 0.2) is 0 Å². The van der Waals surface area contributed by atoms with Crippen molar-refractivity contribution in [3.8, 4) is 0 Å². The van der Waals surface area contributed by atoms with Crippen molar-refractivity contribution >= 4 is 34.8 Å². The zero-order valence-corrected chi connectivity index (χ0v) is 17.6. The number of aryl methyl sites for hydroxylation is 1. The third-order valence-corrected chi connectivity index (χ3v) is 7.25. The van der Waals surface area contributed by atoms with Crippen LogP contribution in [-0.2, 0) is 5.41 Å². The van der Waals surface area contributed by atoms with Crippen molar-refractivity contribution in [1.29, 1.82) is 0 Å². The number of carbonyl (C=O) groups is 1. The molecule has 1 saturated carbocycles. The quantitative estimate of drug-likeness (QED) is 0.651. The SMILES string of the molecule is Cc1ccc2c(c1)C1(CCN(C3CC3)CC1)CN2C(=O)c1ccc(Cl)cc1Cl. The van der Waals surface area contributed by atoms with E-state index >= 15 is 0 Å². The molecule has 2 fully saturated rings. The highest BCUT2D eigenvalue weighted by Crippen LogP contribution is 2.49. The van der Waals surface area contributed by atoms with Gasteiger partial charge in [-0.15, -0.1) is 0 Å². The van der Waals surface area contributed by atoms with Crippen molar-refractivity contribution in [3.05, 3.63) is 63.1 Å². The summed E-state index contributed by atoms with van der Waals surface area (Å²) in [7, 11) is 0. The standard InChI is InChI=1S/C23H24Cl2N2O/c1-15-2-7-21-19(12-15)23(8-10-26(11-9-23)17-4-5-17)14-27(21)22(28)18-6-3-16(24)13-20(18)25/h2-3,6-7,12-13,17H,4-5,8-11,14H2,1H3. The van der Waals surface area contributed by atoms with Crippen molar-refractivity contribution in [2.24, 2.45) is 0 Å². The predicted molar refractivity (Wildman–Crippen MR) is 115 cm³/mol. The Morgan fingerprint density at radius 1 is 1.07 bits per heavy atom. The number of piperidine rings is 1. The number of benzene rings is 2. The van der Waals surface area contributed by atoms with Gasteiger partial charge < -0.3 is 9.80 Å². The number of anilines is 1. The molecular formula is C23H24Cl2N2O. The van der Waals surface area contributed by atoms with Gasteiger partial charge in [0.1, 0.15) is 0 Å². The fourth-order valence-electron chi connectivity index (χ4n) is 4.96. The predicted octanol–water partition coefficient (Wildman–Crippen LogP) is 5.46. The number of hydrogen-bond donors (Lipinski definition) is 0. The maximum Gasteiger partial charge on any atom is 0.259 e. The van der Waals surface area contributed by atoms with Crippen molar-refractivity contribution in [1.82, 2.24) is 4.90 Å². The normalized spacial score (nSPS) is 21.2. The first-order valence-corrected chi connectivity index (χ1v) is 10.8. The molecule has 28 heavy (non-hydrogen) atoms. The second-order valence-corrected chi connectivity index (χ2v) is 9.43. The first-order chi connectivity index (χ1) is 13.5. The largest absolute Gasteiger partial charge is 0.307 e. The van der Waals surface area contributed by atoms with Gasteiger partial charge in [-0.1, -0.05) is 40.9 Å². The number of amides is 1. The van der Waals surface area contributed by atoms with Gasteiger partial charge in [0.05, 0.1) is 10.6 Å². The number of rotatable bonds is 2. The van der Waals surface area contributed by atoms with Gasteiger partial charge in [0.2, 0.25) is 0 Å². The van der Waals surface area contributed by atoms with Gasteiger partial charge in [0.25, 0.3) is 5.91 Å². The van der Waals surface area contributed by atoms with Crippen molar-refractivity contribution in [2.75, 3.05) is 24.5 Å². The van der Waals surface area contributed by atoms with Crippen LogP contribution in [0.1, 0.15) is 47.2 Å². The number of nitrogens with zero attached hydrogens (tertiary/aromatic N) is 2. The highest BCUT2D eigenvalue weighted by atomic mass is 35.5. The summed E-state index contributed by atoms with van der Waals surface area (Å²) < 4.78 is 0. The molecule has 0 atom stereocenters. The molecule has 2 aromatic carbocycles. The first-order valence-electron chi connectivity index (χ1n) is 10.1. The Balaban J connectivity index is 1.50. The molecule has 0 N–H and O–H groups in total. The minimum absolute atomic E-state index is 0.0340. The molecule has 2 aromatic rings. The number of halogens is 2. The van der Waals surface area contributed by atoms with E-state index in [4.69, 9.17) is 23.2 Å². The van der Waals surface area contributed by atoms with Gasteiger partial charge in [-0.25, -0.2) is 0 Å². The molecular weight excluding hydrogens is 391 g/mol. The van der Waals surface area contributed by atoms with Crippen molar-refractivity contribution in [2.45, 2.75) is 44.1 Å². The van der Waals surface area contributed by atoms with Crippen LogP contribution in [0.25, 0.3) is 0 Å². The summed E-state index contributed by atoms with van der Waals surface area (Å²) in [6.45, 7) is 5.12. The average Bonchev–Trinajstić information content (AvgIpc) is 3.47. The van der Waals surface area contributed by atoms with E-state index in [1.807, 2.05) is 4.90 Å². The summed E-state index contributed by atoms with van der Waals surface area (Å²) >= 11 is 12.4. The Bertz CT molecular complexity index is 946. The molecule has 0 radical (unpaired) electrons. The minimum atomic E-state index is -0.0340. The summed E-state index contributed by atoms with van der Waals surface area (Å²) in [5.41, 5.74) is 4.20. The minimum Gasteiger partial charge on any atom is -0.307 e. The van der Waals surface area contributed by atoms with Crippen LogP contribution in [0.4, 0.5) is 5.69 Å². The van der Waals surface area contributed by atoms with E-state index in [2.05, 4.69) is 30.0 Å². The Morgan fingerprint density at radius 2 is 1.82 bits per heavy atom. The lowest BCUT2D eigenvalue weighted by molar-refractivity contribution is 0.0975. The van der Waals surface area contributed by atoms with Crippen LogP contribution in [0.3, 0.4) is 0 Å². The molecule has 2 heterocycles. The topological polar surface area (TPSA) is 23.6 Å². The molecule has 1 spiro atoms. The van der Waals surface area contributed by atoms with E-state index in [9.17, 15) is 4.79 Å². The molecule has 5 heteroatoms. The van der Waals surface area contributed by atoms with E-state index in [1.165, 1.54) is 24.0 Å². The molecule has 0 bridgehead atoms. The van der Waals surface area contributed by atoms with Gasteiger partial charge in [-0.05, 0) is 75.5 Å². The molecule has 146 valence electrons. The number of hydrogen-bond acceptors (Lipinski definition) is 2.